The maximum absolute atomic E-state index is 3.72. The van der Waals surface area contributed by atoms with Crippen LogP contribution in [0, 0.1) is 11.8 Å². The van der Waals surface area contributed by atoms with Gasteiger partial charge in [-0.15, -0.1) is 0 Å². The van der Waals surface area contributed by atoms with Gasteiger partial charge >= 0.3 is 0 Å². The van der Waals surface area contributed by atoms with Crippen molar-refractivity contribution in [2.75, 3.05) is 0 Å². The Hall–Kier alpha value is -0.960. The van der Waals surface area contributed by atoms with Crippen LogP contribution in [0.4, 0.5) is 0 Å². The van der Waals surface area contributed by atoms with Gasteiger partial charge in [-0.05, 0) is 37.3 Å². The molecule has 1 aliphatic rings. The largest absolute Gasteiger partial charge is 0.0877 e. The molecule has 0 nitrogen and oxygen atoms in total. The van der Waals surface area contributed by atoms with E-state index in [1.54, 1.807) is 0 Å². The minimum Gasteiger partial charge on any atom is -0.0877 e. The molecule has 0 aromatic heterocycles. The van der Waals surface area contributed by atoms with Crippen molar-refractivity contribution in [3.63, 3.8) is 0 Å². The molecule has 1 rings (SSSR count). The Bertz CT molecular complexity index is 220. The van der Waals surface area contributed by atoms with Crippen molar-refractivity contribution < 1.29 is 0 Å². The van der Waals surface area contributed by atoms with Crippen LogP contribution in [0.1, 0.15) is 26.2 Å². The van der Waals surface area contributed by atoms with E-state index in [2.05, 4.69) is 24.5 Å². The highest BCUT2D eigenvalue weighted by atomic mass is 14.0. The Morgan fingerprint density at radius 3 is 3.00 bits per heavy atom. The summed E-state index contributed by atoms with van der Waals surface area (Å²) in [6.07, 6.45) is 5.87. The number of hydrogen-bond donors (Lipinski definition) is 0. The van der Waals surface area contributed by atoms with Crippen LogP contribution >= 0.6 is 0 Å². The maximum Gasteiger partial charge on any atom is -0.00158 e. The van der Waals surface area contributed by atoms with Crippen molar-refractivity contribution in [3.8, 4) is 11.8 Å². The zero-order valence-electron chi connectivity index (χ0n) is 6.41. The summed E-state index contributed by atoms with van der Waals surface area (Å²) in [6, 6.07) is 0. The van der Waals surface area contributed by atoms with Crippen molar-refractivity contribution in [3.05, 3.63) is 23.8 Å². The lowest BCUT2D eigenvalue weighted by molar-refractivity contribution is 0.919. The second-order valence-electron chi connectivity index (χ2n) is 2.65. The number of hydrogen-bond acceptors (Lipinski definition) is 0. The van der Waals surface area contributed by atoms with Crippen molar-refractivity contribution >= 4 is 0 Å². The first-order valence-electron chi connectivity index (χ1n) is 3.65. The number of allylic oxidation sites excluding steroid dienone is 3. The van der Waals surface area contributed by atoms with Crippen molar-refractivity contribution in [1.29, 1.82) is 0 Å². The van der Waals surface area contributed by atoms with Gasteiger partial charge in [0.15, 0.2) is 0 Å². The second-order valence-corrected chi connectivity index (χ2v) is 2.65. The molecule has 0 heterocycles. The first-order chi connectivity index (χ1) is 4.79. The van der Waals surface area contributed by atoms with Crippen LogP contribution in [0.25, 0.3) is 0 Å². The van der Waals surface area contributed by atoms with Gasteiger partial charge in [0.25, 0.3) is 0 Å². The lowest BCUT2D eigenvalue weighted by Gasteiger charge is -1.84. The molecule has 0 heteroatoms. The SMILES string of the molecule is C=C(C)C#CC1=CCCC1. The van der Waals surface area contributed by atoms with Crippen LogP contribution in [0.2, 0.25) is 0 Å². The van der Waals surface area contributed by atoms with E-state index >= 15 is 0 Å². The maximum atomic E-state index is 3.72. The zero-order chi connectivity index (χ0) is 7.40. The Morgan fingerprint density at radius 1 is 1.70 bits per heavy atom. The molecule has 0 aromatic carbocycles. The van der Waals surface area contributed by atoms with Gasteiger partial charge in [0.1, 0.15) is 0 Å². The smallest absolute Gasteiger partial charge is 0.00158 e. The van der Waals surface area contributed by atoms with Crippen molar-refractivity contribution in [2.45, 2.75) is 26.2 Å². The van der Waals surface area contributed by atoms with Gasteiger partial charge in [0.05, 0.1) is 0 Å². The lowest BCUT2D eigenvalue weighted by Crippen LogP contribution is -1.69. The van der Waals surface area contributed by atoms with E-state index in [0.29, 0.717) is 0 Å². The zero-order valence-corrected chi connectivity index (χ0v) is 6.41. The highest BCUT2D eigenvalue weighted by molar-refractivity contribution is 5.37. The Labute approximate surface area is 62.6 Å². The molecule has 0 N–H and O–H groups in total. The summed E-state index contributed by atoms with van der Waals surface area (Å²) in [7, 11) is 0. The molecule has 0 fully saturated rings. The number of rotatable bonds is 0. The highest BCUT2D eigenvalue weighted by Crippen LogP contribution is 2.15. The summed E-state index contributed by atoms with van der Waals surface area (Å²) >= 11 is 0. The molecular weight excluding hydrogens is 120 g/mol. The van der Waals surface area contributed by atoms with Gasteiger partial charge < -0.3 is 0 Å². The molecule has 0 bridgehead atoms. The third-order valence-corrected chi connectivity index (χ3v) is 1.48. The van der Waals surface area contributed by atoms with E-state index in [9.17, 15) is 0 Å². The lowest BCUT2D eigenvalue weighted by atomic mass is 10.2. The average molecular weight is 132 g/mol. The summed E-state index contributed by atoms with van der Waals surface area (Å²) < 4.78 is 0. The first-order valence-corrected chi connectivity index (χ1v) is 3.65. The fourth-order valence-corrected chi connectivity index (χ4v) is 0.971. The summed E-state index contributed by atoms with van der Waals surface area (Å²) in [5.74, 6) is 6.07. The second kappa shape index (κ2) is 3.27. The molecule has 0 unspecified atom stereocenters. The molecule has 0 aliphatic heterocycles. The standard InChI is InChI=1S/C10H12/c1-9(2)7-8-10-5-3-4-6-10/h5H,1,3-4,6H2,2H3. The summed E-state index contributed by atoms with van der Waals surface area (Å²) in [5.41, 5.74) is 2.25. The summed E-state index contributed by atoms with van der Waals surface area (Å²) in [6.45, 7) is 5.65. The molecule has 0 amide bonds. The molecular formula is C10H12. The molecule has 0 spiro atoms. The monoisotopic (exact) mass is 132 g/mol. The Morgan fingerprint density at radius 2 is 2.50 bits per heavy atom. The highest BCUT2D eigenvalue weighted by Gasteiger charge is 1.99. The van der Waals surface area contributed by atoms with Gasteiger partial charge in [0, 0.05) is 0 Å². The van der Waals surface area contributed by atoms with Crippen LogP contribution in [0.15, 0.2) is 23.8 Å². The predicted molar refractivity (Wildman–Crippen MR) is 44.5 cm³/mol. The fourth-order valence-electron chi connectivity index (χ4n) is 0.971. The molecule has 0 aromatic rings. The van der Waals surface area contributed by atoms with Crippen LogP contribution in [-0.2, 0) is 0 Å². The van der Waals surface area contributed by atoms with Gasteiger partial charge in [-0.25, -0.2) is 0 Å². The van der Waals surface area contributed by atoms with Crippen molar-refractivity contribution in [1.82, 2.24) is 0 Å². The van der Waals surface area contributed by atoms with E-state index in [4.69, 9.17) is 0 Å². The van der Waals surface area contributed by atoms with E-state index in [1.807, 2.05) is 6.92 Å². The van der Waals surface area contributed by atoms with Crippen LogP contribution < -0.4 is 0 Å². The van der Waals surface area contributed by atoms with Crippen LogP contribution in [0.5, 0.6) is 0 Å². The van der Waals surface area contributed by atoms with Gasteiger partial charge in [-0.3, -0.25) is 0 Å². The normalized spacial score (nSPS) is 15.5. The molecule has 1 aliphatic carbocycles. The van der Waals surface area contributed by atoms with E-state index < -0.39 is 0 Å². The van der Waals surface area contributed by atoms with Gasteiger partial charge in [-0.1, -0.05) is 24.5 Å². The topological polar surface area (TPSA) is 0 Å². The van der Waals surface area contributed by atoms with E-state index in [-0.39, 0.29) is 0 Å². The van der Waals surface area contributed by atoms with E-state index in [1.165, 1.54) is 24.8 Å². The molecule has 10 heavy (non-hydrogen) atoms. The van der Waals surface area contributed by atoms with Crippen LogP contribution in [-0.4, -0.2) is 0 Å². The van der Waals surface area contributed by atoms with Crippen LogP contribution in [0.3, 0.4) is 0 Å². The molecule has 0 radical (unpaired) electrons. The predicted octanol–water partition coefficient (Wildman–Crippen LogP) is 2.68. The first kappa shape index (κ1) is 7.15. The minimum atomic E-state index is 0.952. The van der Waals surface area contributed by atoms with E-state index in [0.717, 1.165) is 5.57 Å². The average Bonchev–Trinajstić information content (AvgIpc) is 2.34. The fraction of sp³-hybridized carbons (Fsp3) is 0.400. The third kappa shape index (κ3) is 2.11. The molecule has 0 atom stereocenters. The quantitative estimate of drug-likeness (QED) is 0.444. The van der Waals surface area contributed by atoms with Crippen molar-refractivity contribution in [2.24, 2.45) is 0 Å². The third-order valence-electron chi connectivity index (χ3n) is 1.48. The Kier molecular flexibility index (Phi) is 2.34. The van der Waals surface area contributed by atoms with Gasteiger partial charge in [-0.2, -0.15) is 0 Å². The Balaban J connectivity index is 2.54. The molecule has 0 saturated carbocycles. The van der Waals surface area contributed by atoms with Gasteiger partial charge in [0.2, 0.25) is 0 Å². The summed E-state index contributed by atoms with van der Waals surface area (Å²) in [5, 5.41) is 0. The molecule has 0 saturated heterocycles. The molecule has 52 valence electrons. The summed E-state index contributed by atoms with van der Waals surface area (Å²) in [4.78, 5) is 0. The minimum absolute atomic E-state index is 0.952.